The first kappa shape index (κ1) is 19.0. The first-order valence-corrected chi connectivity index (χ1v) is 9.96. The summed E-state index contributed by atoms with van der Waals surface area (Å²) in [4.78, 5) is 25.8. The predicted octanol–water partition coefficient (Wildman–Crippen LogP) is 4.57. The first-order valence-electron chi connectivity index (χ1n) is 9.17. The van der Waals surface area contributed by atoms with Crippen molar-refractivity contribution in [1.29, 1.82) is 5.26 Å². The topological polar surface area (TPSA) is 86.9 Å². The van der Waals surface area contributed by atoms with Crippen LogP contribution in [-0.2, 0) is 13.0 Å². The molecule has 2 heterocycles. The third-order valence-corrected chi connectivity index (χ3v) is 5.40. The zero-order valence-corrected chi connectivity index (χ0v) is 17.0. The molecule has 0 aliphatic carbocycles. The van der Waals surface area contributed by atoms with Gasteiger partial charge in [-0.15, -0.1) is 0 Å². The van der Waals surface area contributed by atoms with Gasteiger partial charge in [0.15, 0.2) is 0 Å². The third kappa shape index (κ3) is 3.67. The second kappa shape index (κ2) is 7.94. The second-order valence-electron chi connectivity index (χ2n) is 6.69. The summed E-state index contributed by atoms with van der Waals surface area (Å²) < 4.78 is 2.74. The van der Waals surface area contributed by atoms with Gasteiger partial charge in [0.25, 0.3) is 11.8 Å². The molecule has 7 heteroatoms. The number of hydrogen-bond donors (Lipinski definition) is 2. The van der Waals surface area contributed by atoms with E-state index in [9.17, 15) is 14.9 Å². The average molecular weight is 449 g/mol. The van der Waals surface area contributed by atoms with Crippen molar-refractivity contribution in [2.75, 3.05) is 10.6 Å². The molecule has 3 aromatic rings. The van der Waals surface area contributed by atoms with E-state index in [-0.39, 0.29) is 17.5 Å². The van der Waals surface area contributed by atoms with E-state index in [4.69, 9.17) is 0 Å². The van der Waals surface area contributed by atoms with Gasteiger partial charge in [-0.3, -0.25) is 9.59 Å². The number of nitrogens with one attached hydrogen (secondary N) is 2. The number of carbonyl (C=O) groups is 2. The van der Waals surface area contributed by atoms with E-state index in [2.05, 4.69) is 32.6 Å². The molecule has 2 amide bonds. The van der Waals surface area contributed by atoms with Crippen LogP contribution in [0, 0.1) is 11.3 Å². The fourth-order valence-electron chi connectivity index (χ4n) is 3.56. The van der Waals surface area contributed by atoms with Gasteiger partial charge in [0.1, 0.15) is 11.8 Å². The normalized spacial score (nSPS) is 12.1. The molecule has 6 nitrogen and oxygen atoms in total. The average Bonchev–Trinajstić information content (AvgIpc) is 3.30. The van der Waals surface area contributed by atoms with E-state index < -0.39 is 0 Å². The molecular formula is C22H17BrN4O2. The van der Waals surface area contributed by atoms with Gasteiger partial charge in [0.2, 0.25) is 0 Å². The monoisotopic (exact) mass is 448 g/mol. The van der Waals surface area contributed by atoms with E-state index in [1.165, 1.54) is 0 Å². The molecule has 0 saturated carbocycles. The Bertz CT molecular complexity index is 1130. The zero-order valence-electron chi connectivity index (χ0n) is 15.4. The summed E-state index contributed by atoms with van der Waals surface area (Å²) in [5.74, 6) is -0.718. The minimum Gasteiger partial charge on any atom is -0.337 e. The Morgan fingerprint density at radius 2 is 1.72 bits per heavy atom. The highest BCUT2D eigenvalue weighted by atomic mass is 79.9. The van der Waals surface area contributed by atoms with Crippen LogP contribution in [0.15, 0.2) is 59.1 Å². The Labute approximate surface area is 176 Å². The predicted molar refractivity (Wildman–Crippen MR) is 114 cm³/mol. The molecule has 2 aromatic carbocycles. The molecule has 2 N–H and O–H groups in total. The van der Waals surface area contributed by atoms with Crippen LogP contribution in [0.5, 0.6) is 0 Å². The van der Waals surface area contributed by atoms with E-state index in [0.29, 0.717) is 35.5 Å². The molecule has 0 atom stereocenters. The Morgan fingerprint density at radius 1 is 1.00 bits per heavy atom. The molecule has 0 saturated heterocycles. The van der Waals surface area contributed by atoms with Crippen molar-refractivity contribution in [2.45, 2.75) is 19.4 Å². The van der Waals surface area contributed by atoms with Gasteiger partial charge < -0.3 is 15.2 Å². The van der Waals surface area contributed by atoms with Crippen molar-refractivity contribution >= 4 is 39.1 Å². The third-order valence-electron chi connectivity index (χ3n) is 4.87. The van der Waals surface area contributed by atoms with Crippen LogP contribution >= 0.6 is 15.9 Å². The van der Waals surface area contributed by atoms with E-state index in [1.807, 2.05) is 22.8 Å². The summed E-state index contributed by atoms with van der Waals surface area (Å²) >= 11 is 3.37. The fraction of sp³-hybridized carbons (Fsp3) is 0.136. The number of carbonyl (C=O) groups excluding carboxylic acids is 2. The SMILES string of the molecule is N#Cc1c(NC(=O)c2ccccc2)c(C(=O)Nc2ccc(Br)cc2)n2c1CCC2. The lowest BCUT2D eigenvalue weighted by Gasteiger charge is -2.12. The number of halogens is 1. The number of hydrogen-bond acceptors (Lipinski definition) is 3. The molecule has 1 aliphatic rings. The van der Waals surface area contributed by atoms with Crippen molar-refractivity contribution in [3.05, 3.63) is 81.6 Å². The molecule has 0 unspecified atom stereocenters. The van der Waals surface area contributed by atoms with E-state index >= 15 is 0 Å². The quantitative estimate of drug-likeness (QED) is 0.612. The second-order valence-corrected chi connectivity index (χ2v) is 7.61. The van der Waals surface area contributed by atoms with E-state index in [0.717, 1.165) is 16.6 Å². The number of nitriles is 1. The molecule has 0 spiro atoms. The summed E-state index contributed by atoms with van der Waals surface area (Å²) in [7, 11) is 0. The number of rotatable bonds is 4. The Kier molecular flexibility index (Phi) is 5.19. The van der Waals surface area contributed by atoms with Crippen LogP contribution in [0.4, 0.5) is 11.4 Å². The lowest BCUT2D eigenvalue weighted by Crippen LogP contribution is -2.20. The lowest BCUT2D eigenvalue weighted by atomic mass is 10.1. The largest absolute Gasteiger partial charge is 0.337 e. The van der Waals surface area contributed by atoms with Gasteiger partial charge in [-0.1, -0.05) is 34.1 Å². The van der Waals surface area contributed by atoms with Crippen molar-refractivity contribution in [2.24, 2.45) is 0 Å². The molecule has 144 valence electrons. The standard InChI is InChI=1S/C22H17BrN4O2/c23-15-8-10-16(11-9-15)25-22(29)20-19(17(13-24)18-7-4-12-27(18)20)26-21(28)14-5-2-1-3-6-14/h1-3,5-6,8-11H,4,7,12H2,(H,25,29)(H,26,28). The van der Waals surface area contributed by atoms with Crippen LogP contribution in [0.2, 0.25) is 0 Å². The maximum atomic E-state index is 13.1. The van der Waals surface area contributed by atoms with Gasteiger partial charge in [-0.2, -0.15) is 5.26 Å². The molecule has 1 aromatic heterocycles. The van der Waals surface area contributed by atoms with Crippen LogP contribution in [0.25, 0.3) is 0 Å². The Morgan fingerprint density at radius 3 is 2.41 bits per heavy atom. The summed E-state index contributed by atoms with van der Waals surface area (Å²) in [6.07, 6.45) is 1.55. The number of anilines is 2. The Balaban J connectivity index is 1.72. The van der Waals surface area contributed by atoms with Gasteiger partial charge in [0.05, 0.1) is 11.3 Å². The number of benzene rings is 2. The maximum absolute atomic E-state index is 13.1. The molecular weight excluding hydrogens is 432 g/mol. The number of amides is 2. The zero-order chi connectivity index (χ0) is 20.4. The number of nitrogens with zero attached hydrogens (tertiary/aromatic N) is 2. The lowest BCUT2D eigenvalue weighted by molar-refractivity contribution is 0.101. The molecule has 0 fully saturated rings. The summed E-state index contributed by atoms with van der Waals surface area (Å²) in [5, 5.41) is 15.4. The molecule has 1 aliphatic heterocycles. The smallest absolute Gasteiger partial charge is 0.274 e. The van der Waals surface area contributed by atoms with Crippen molar-refractivity contribution in [3.8, 4) is 6.07 Å². The van der Waals surface area contributed by atoms with Gasteiger partial charge in [0, 0.05) is 28.0 Å². The maximum Gasteiger partial charge on any atom is 0.274 e. The highest BCUT2D eigenvalue weighted by molar-refractivity contribution is 9.10. The minimum absolute atomic E-state index is 0.269. The van der Waals surface area contributed by atoms with Crippen LogP contribution < -0.4 is 10.6 Å². The van der Waals surface area contributed by atoms with Gasteiger partial charge in [-0.05, 0) is 49.2 Å². The number of aromatic nitrogens is 1. The highest BCUT2D eigenvalue weighted by Crippen LogP contribution is 2.34. The first-order chi connectivity index (χ1) is 14.1. The van der Waals surface area contributed by atoms with Gasteiger partial charge >= 0.3 is 0 Å². The minimum atomic E-state index is -0.361. The fourth-order valence-corrected chi connectivity index (χ4v) is 3.82. The van der Waals surface area contributed by atoms with Crippen molar-refractivity contribution < 1.29 is 9.59 Å². The number of fused-ring (bicyclic) bond motifs is 1. The molecule has 0 radical (unpaired) electrons. The van der Waals surface area contributed by atoms with E-state index in [1.54, 1.807) is 36.4 Å². The summed E-state index contributed by atoms with van der Waals surface area (Å²) in [5.41, 5.74) is 2.81. The molecule has 29 heavy (non-hydrogen) atoms. The van der Waals surface area contributed by atoms with Crippen molar-refractivity contribution in [3.63, 3.8) is 0 Å². The van der Waals surface area contributed by atoms with Crippen LogP contribution in [0.3, 0.4) is 0 Å². The van der Waals surface area contributed by atoms with Crippen molar-refractivity contribution in [1.82, 2.24) is 4.57 Å². The Hall–Kier alpha value is -3.37. The summed E-state index contributed by atoms with van der Waals surface area (Å²) in [6, 6.07) is 18.1. The van der Waals surface area contributed by atoms with Crippen LogP contribution in [0.1, 0.15) is 38.5 Å². The van der Waals surface area contributed by atoms with Gasteiger partial charge in [-0.25, -0.2) is 0 Å². The molecule has 0 bridgehead atoms. The highest BCUT2D eigenvalue weighted by Gasteiger charge is 2.31. The summed E-state index contributed by atoms with van der Waals surface area (Å²) in [6.45, 7) is 0.633. The molecule has 4 rings (SSSR count). The van der Waals surface area contributed by atoms with Crippen LogP contribution in [-0.4, -0.2) is 16.4 Å².